The lowest BCUT2D eigenvalue weighted by Gasteiger charge is -2.08. The van der Waals surface area contributed by atoms with E-state index >= 15 is 0 Å². The number of halogens is 1. The highest BCUT2D eigenvalue weighted by Gasteiger charge is 2.18. The van der Waals surface area contributed by atoms with Crippen molar-refractivity contribution >= 4 is 9.84 Å². The Morgan fingerprint density at radius 1 is 1.14 bits per heavy atom. The largest absolute Gasteiger partial charge is 0.492 e. The first-order valence-electron chi connectivity index (χ1n) is 6.13. The third-order valence-electron chi connectivity index (χ3n) is 2.76. The maximum atomic E-state index is 13.5. The van der Waals surface area contributed by atoms with E-state index in [1.807, 2.05) is 6.07 Å². The minimum absolute atomic E-state index is 0.119. The molecular weight excluding hydrogens is 293 g/mol. The smallest absolute Gasteiger partial charge is 0.184 e. The Kier molecular flexibility index (Phi) is 4.55. The first-order valence-corrected chi connectivity index (χ1v) is 7.78. The Hall–Kier alpha value is -2.39. The van der Waals surface area contributed by atoms with Crippen LogP contribution >= 0.6 is 0 Å². The fourth-order valence-corrected chi connectivity index (χ4v) is 2.91. The van der Waals surface area contributed by atoms with Crippen molar-refractivity contribution in [1.29, 1.82) is 5.26 Å². The molecule has 0 fully saturated rings. The Labute approximate surface area is 122 Å². The first-order chi connectivity index (χ1) is 10.0. The molecule has 6 heteroatoms. The van der Waals surface area contributed by atoms with Crippen LogP contribution in [0.3, 0.4) is 0 Å². The number of hydrogen-bond acceptors (Lipinski definition) is 4. The molecule has 0 aliphatic rings. The summed E-state index contributed by atoms with van der Waals surface area (Å²) in [5, 5.41) is 8.75. The molecule has 4 nitrogen and oxygen atoms in total. The fourth-order valence-electron chi connectivity index (χ4n) is 1.73. The topological polar surface area (TPSA) is 67.2 Å². The molecular formula is C15H12FNO3S. The second-order valence-electron chi connectivity index (χ2n) is 4.24. The van der Waals surface area contributed by atoms with Crippen LogP contribution < -0.4 is 4.74 Å². The van der Waals surface area contributed by atoms with Crippen molar-refractivity contribution in [3.8, 4) is 11.8 Å². The van der Waals surface area contributed by atoms with Crippen LogP contribution in [0.15, 0.2) is 53.4 Å². The van der Waals surface area contributed by atoms with Gasteiger partial charge < -0.3 is 4.74 Å². The van der Waals surface area contributed by atoms with Gasteiger partial charge in [0.15, 0.2) is 9.84 Å². The van der Waals surface area contributed by atoms with Crippen LogP contribution in [0.4, 0.5) is 4.39 Å². The van der Waals surface area contributed by atoms with Crippen LogP contribution in [0.1, 0.15) is 5.56 Å². The minimum Gasteiger partial charge on any atom is -0.492 e. The summed E-state index contributed by atoms with van der Waals surface area (Å²) >= 11 is 0. The maximum absolute atomic E-state index is 13.5. The molecule has 0 saturated heterocycles. The Balaban J connectivity index is 2.03. The highest BCUT2D eigenvalue weighted by atomic mass is 32.2. The van der Waals surface area contributed by atoms with Crippen molar-refractivity contribution < 1.29 is 17.5 Å². The summed E-state index contributed by atoms with van der Waals surface area (Å²) in [4.78, 5) is -0.334. The quantitative estimate of drug-likeness (QED) is 0.851. The molecule has 0 saturated carbocycles. The molecule has 21 heavy (non-hydrogen) atoms. The second-order valence-corrected chi connectivity index (χ2v) is 6.31. The van der Waals surface area contributed by atoms with Gasteiger partial charge in [-0.3, -0.25) is 0 Å². The lowest BCUT2D eigenvalue weighted by molar-refractivity contribution is 0.340. The Morgan fingerprint density at radius 3 is 2.62 bits per heavy atom. The summed E-state index contributed by atoms with van der Waals surface area (Å²) < 4.78 is 42.8. The van der Waals surface area contributed by atoms with Crippen LogP contribution in [0, 0.1) is 17.1 Å². The van der Waals surface area contributed by atoms with Crippen molar-refractivity contribution in [2.24, 2.45) is 0 Å². The summed E-state index contributed by atoms with van der Waals surface area (Å²) in [7, 11) is -3.74. The molecule has 2 rings (SSSR count). The molecule has 2 aromatic carbocycles. The van der Waals surface area contributed by atoms with Crippen molar-refractivity contribution in [2.45, 2.75) is 4.90 Å². The van der Waals surface area contributed by atoms with Crippen LogP contribution in [0.25, 0.3) is 0 Å². The zero-order valence-electron chi connectivity index (χ0n) is 11.0. The molecule has 0 bridgehead atoms. The van der Waals surface area contributed by atoms with Crippen LogP contribution in [-0.2, 0) is 9.84 Å². The zero-order valence-corrected chi connectivity index (χ0v) is 11.8. The molecule has 108 valence electrons. The zero-order chi connectivity index (χ0) is 15.3. The monoisotopic (exact) mass is 305 g/mol. The molecule has 0 radical (unpaired) electrons. The third-order valence-corrected chi connectivity index (χ3v) is 4.46. The maximum Gasteiger partial charge on any atom is 0.184 e. The molecule has 0 N–H and O–H groups in total. The summed E-state index contributed by atoms with van der Waals surface area (Å²) in [6.07, 6.45) is 0. The van der Waals surface area contributed by atoms with Gasteiger partial charge in [0.05, 0.1) is 17.4 Å². The minimum atomic E-state index is -3.74. The van der Waals surface area contributed by atoms with Crippen LogP contribution in [-0.4, -0.2) is 20.8 Å². The second kappa shape index (κ2) is 6.37. The standard InChI is InChI=1S/C15H12FNO3S/c16-14-6-1-2-7-15(14)21(18,19)9-8-20-13-5-3-4-12(10-13)11-17/h1-7,10H,8-9H2. The van der Waals surface area contributed by atoms with Gasteiger partial charge in [0.2, 0.25) is 0 Å². The number of hydrogen-bond donors (Lipinski definition) is 0. The molecule has 2 aromatic rings. The summed E-state index contributed by atoms with van der Waals surface area (Å²) in [6, 6.07) is 13.6. The van der Waals surface area contributed by atoms with Gasteiger partial charge in [-0.05, 0) is 30.3 Å². The third kappa shape index (κ3) is 3.80. The molecule has 0 aromatic heterocycles. The van der Waals surface area contributed by atoms with E-state index in [0.717, 1.165) is 6.07 Å². The van der Waals surface area contributed by atoms with Gasteiger partial charge in [-0.2, -0.15) is 5.26 Å². The number of benzene rings is 2. The van der Waals surface area contributed by atoms with E-state index in [2.05, 4.69) is 0 Å². The predicted octanol–water partition coefficient (Wildman–Crippen LogP) is 2.55. The summed E-state index contributed by atoms with van der Waals surface area (Å²) in [5.41, 5.74) is 0.421. The SMILES string of the molecule is N#Cc1cccc(OCCS(=O)(=O)c2ccccc2F)c1. The average molecular weight is 305 g/mol. The van der Waals surface area contributed by atoms with Gasteiger partial charge in [0, 0.05) is 0 Å². The normalized spacial score (nSPS) is 10.9. The van der Waals surface area contributed by atoms with Crippen molar-refractivity contribution in [1.82, 2.24) is 0 Å². The molecule has 0 amide bonds. The molecule has 0 unspecified atom stereocenters. The van der Waals surface area contributed by atoms with Gasteiger partial charge >= 0.3 is 0 Å². The average Bonchev–Trinajstić information content (AvgIpc) is 2.47. The number of nitrogens with zero attached hydrogens (tertiary/aromatic N) is 1. The molecule has 0 spiro atoms. The van der Waals surface area contributed by atoms with E-state index in [1.165, 1.54) is 24.3 Å². The molecule has 0 aliphatic carbocycles. The lowest BCUT2D eigenvalue weighted by Crippen LogP contribution is -2.15. The van der Waals surface area contributed by atoms with Crippen molar-refractivity contribution in [3.05, 3.63) is 59.9 Å². The number of rotatable bonds is 5. The number of ether oxygens (including phenoxy) is 1. The number of sulfone groups is 1. The van der Waals surface area contributed by atoms with E-state index in [1.54, 1.807) is 18.2 Å². The highest BCUT2D eigenvalue weighted by Crippen LogP contribution is 2.16. The van der Waals surface area contributed by atoms with Crippen molar-refractivity contribution in [3.63, 3.8) is 0 Å². The van der Waals surface area contributed by atoms with E-state index in [-0.39, 0.29) is 17.3 Å². The summed E-state index contributed by atoms with van der Waals surface area (Å²) in [6.45, 7) is -0.119. The molecule has 0 aliphatic heterocycles. The van der Waals surface area contributed by atoms with Gasteiger partial charge in [-0.1, -0.05) is 18.2 Å². The Morgan fingerprint density at radius 2 is 1.90 bits per heavy atom. The van der Waals surface area contributed by atoms with Crippen LogP contribution in [0.5, 0.6) is 5.75 Å². The fraction of sp³-hybridized carbons (Fsp3) is 0.133. The molecule has 0 heterocycles. The van der Waals surface area contributed by atoms with E-state index in [9.17, 15) is 12.8 Å². The summed E-state index contributed by atoms with van der Waals surface area (Å²) in [5.74, 6) is -0.716. The Bertz CT molecular complexity index is 782. The molecule has 0 atom stereocenters. The predicted molar refractivity (Wildman–Crippen MR) is 75.1 cm³/mol. The first kappa shape index (κ1) is 15.0. The van der Waals surface area contributed by atoms with Gasteiger partial charge in [0.1, 0.15) is 23.1 Å². The van der Waals surface area contributed by atoms with Crippen LogP contribution in [0.2, 0.25) is 0 Å². The number of nitriles is 1. The van der Waals surface area contributed by atoms with Gasteiger partial charge in [-0.15, -0.1) is 0 Å². The van der Waals surface area contributed by atoms with E-state index < -0.39 is 15.7 Å². The van der Waals surface area contributed by atoms with Crippen molar-refractivity contribution in [2.75, 3.05) is 12.4 Å². The van der Waals surface area contributed by atoms with E-state index in [0.29, 0.717) is 11.3 Å². The lowest BCUT2D eigenvalue weighted by atomic mass is 10.2. The van der Waals surface area contributed by atoms with E-state index in [4.69, 9.17) is 10.00 Å². The van der Waals surface area contributed by atoms with Gasteiger partial charge in [-0.25, -0.2) is 12.8 Å². The van der Waals surface area contributed by atoms with Gasteiger partial charge in [0.25, 0.3) is 0 Å². The highest BCUT2D eigenvalue weighted by molar-refractivity contribution is 7.91.